The van der Waals surface area contributed by atoms with Gasteiger partial charge in [-0.15, -0.1) is 0 Å². The van der Waals surface area contributed by atoms with Gasteiger partial charge in [-0.2, -0.15) is 4.98 Å². The molecule has 0 spiro atoms. The van der Waals surface area contributed by atoms with Crippen molar-refractivity contribution >= 4 is 0 Å². The Bertz CT molecular complexity index is 393. The van der Waals surface area contributed by atoms with Crippen molar-refractivity contribution in [3.63, 3.8) is 0 Å². The van der Waals surface area contributed by atoms with E-state index in [9.17, 15) is 0 Å². The third-order valence-electron chi connectivity index (χ3n) is 2.29. The molecule has 5 nitrogen and oxygen atoms in total. The Morgan fingerprint density at radius 3 is 3.13 bits per heavy atom. The van der Waals surface area contributed by atoms with Gasteiger partial charge in [0.1, 0.15) is 0 Å². The molecule has 0 radical (unpaired) electrons. The number of nitrogens with one attached hydrogen (secondary N) is 1. The molecule has 0 aromatic carbocycles. The lowest BCUT2D eigenvalue weighted by atomic mass is 10.3. The Morgan fingerprint density at radius 1 is 1.53 bits per heavy atom. The van der Waals surface area contributed by atoms with Crippen LogP contribution in [0.15, 0.2) is 29.2 Å². The summed E-state index contributed by atoms with van der Waals surface area (Å²) >= 11 is 0. The van der Waals surface area contributed by atoms with Gasteiger partial charge in [0.15, 0.2) is 5.82 Å². The molecular formula is C10H14N4O. The van der Waals surface area contributed by atoms with Crippen LogP contribution < -0.4 is 5.32 Å². The van der Waals surface area contributed by atoms with Crippen LogP contribution in [0.25, 0.3) is 0 Å². The van der Waals surface area contributed by atoms with Gasteiger partial charge in [-0.3, -0.25) is 0 Å². The molecule has 2 aromatic heterocycles. The molecule has 0 saturated heterocycles. The molecule has 1 N–H and O–H groups in total. The minimum Gasteiger partial charge on any atom is -0.353 e. The molecule has 2 aromatic rings. The van der Waals surface area contributed by atoms with Crippen molar-refractivity contribution in [2.45, 2.75) is 13.0 Å². The van der Waals surface area contributed by atoms with E-state index in [2.05, 4.69) is 30.6 Å². The summed E-state index contributed by atoms with van der Waals surface area (Å²) < 4.78 is 6.74. The highest BCUT2D eigenvalue weighted by Crippen LogP contribution is 1.98. The van der Waals surface area contributed by atoms with Gasteiger partial charge >= 0.3 is 0 Å². The first kappa shape index (κ1) is 9.92. The van der Waals surface area contributed by atoms with Crippen LogP contribution in [0, 0.1) is 0 Å². The Balaban J connectivity index is 1.70. The van der Waals surface area contributed by atoms with Gasteiger partial charge < -0.3 is 14.4 Å². The van der Waals surface area contributed by atoms with Crippen LogP contribution in [-0.2, 0) is 20.0 Å². The van der Waals surface area contributed by atoms with E-state index in [0.29, 0.717) is 0 Å². The van der Waals surface area contributed by atoms with Crippen molar-refractivity contribution in [1.29, 1.82) is 0 Å². The van der Waals surface area contributed by atoms with Crippen LogP contribution in [0.4, 0.5) is 0 Å². The smallest absolute Gasteiger partial charge is 0.213 e. The van der Waals surface area contributed by atoms with E-state index in [0.717, 1.165) is 25.3 Å². The van der Waals surface area contributed by atoms with E-state index in [-0.39, 0.29) is 0 Å². The monoisotopic (exact) mass is 206 g/mol. The predicted octanol–water partition coefficient (Wildman–Crippen LogP) is 0.740. The van der Waals surface area contributed by atoms with Gasteiger partial charge in [-0.05, 0) is 12.1 Å². The zero-order valence-corrected chi connectivity index (χ0v) is 8.68. The SMILES string of the molecule is Cn1cccc1CNCCc1ncon1. The molecule has 0 bridgehead atoms. The van der Waals surface area contributed by atoms with E-state index >= 15 is 0 Å². The van der Waals surface area contributed by atoms with Crippen LogP contribution in [0.3, 0.4) is 0 Å². The third-order valence-corrected chi connectivity index (χ3v) is 2.29. The van der Waals surface area contributed by atoms with E-state index < -0.39 is 0 Å². The molecule has 0 unspecified atom stereocenters. The Hall–Kier alpha value is -1.62. The van der Waals surface area contributed by atoms with Crippen molar-refractivity contribution in [3.8, 4) is 0 Å². The van der Waals surface area contributed by atoms with Crippen molar-refractivity contribution in [3.05, 3.63) is 36.2 Å². The fourth-order valence-corrected chi connectivity index (χ4v) is 1.40. The largest absolute Gasteiger partial charge is 0.353 e. The topological polar surface area (TPSA) is 55.9 Å². The molecular weight excluding hydrogens is 192 g/mol. The zero-order chi connectivity index (χ0) is 10.5. The van der Waals surface area contributed by atoms with Gasteiger partial charge in [0.05, 0.1) is 0 Å². The number of hydrogen-bond acceptors (Lipinski definition) is 4. The number of hydrogen-bond donors (Lipinski definition) is 1. The van der Waals surface area contributed by atoms with Gasteiger partial charge in [0, 0.05) is 38.4 Å². The number of aryl methyl sites for hydroxylation is 1. The number of rotatable bonds is 5. The van der Waals surface area contributed by atoms with Gasteiger partial charge in [-0.25, -0.2) is 0 Å². The van der Waals surface area contributed by atoms with Gasteiger partial charge in [0.25, 0.3) is 0 Å². The minimum atomic E-state index is 0.745. The van der Waals surface area contributed by atoms with Crippen LogP contribution >= 0.6 is 0 Å². The first-order valence-electron chi connectivity index (χ1n) is 4.92. The Morgan fingerprint density at radius 2 is 2.47 bits per heavy atom. The second-order valence-corrected chi connectivity index (χ2v) is 3.38. The average molecular weight is 206 g/mol. The molecule has 0 saturated carbocycles. The third kappa shape index (κ3) is 2.66. The fourth-order valence-electron chi connectivity index (χ4n) is 1.40. The molecule has 2 rings (SSSR count). The minimum absolute atomic E-state index is 0.745. The second-order valence-electron chi connectivity index (χ2n) is 3.38. The van der Waals surface area contributed by atoms with Crippen molar-refractivity contribution in [2.24, 2.45) is 7.05 Å². The van der Waals surface area contributed by atoms with Crippen LogP contribution in [0.1, 0.15) is 11.5 Å². The molecule has 5 heteroatoms. The quantitative estimate of drug-likeness (QED) is 0.733. The van der Waals surface area contributed by atoms with E-state index in [1.807, 2.05) is 19.3 Å². The summed E-state index contributed by atoms with van der Waals surface area (Å²) in [6.45, 7) is 1.71. The normalized spacial score (nSPS) is 10.7. The number of aromatic nitrogens is 3. The summed E-state index contributed by atoms with van der Waals surface area (Å²) in [7, 11) is 2.04. The maximum absolute atomic E-state index is 4.64. The number of nitrogens with zero attached hydrogens (tertiary/aromatic N) is 3. The molecule has 2 heterocycles. The lowest BCUT2D eigenvalue weighted by molar-refractivity contribution is 0.409. The average Bonchev–Trinajstić information content (AvgIpc) is 2.85. The lowest BCUT2D eigenvalue weighted by Crippen LogP contribution is -2.18. The van der Waals surface area contributed by atoms with Gasteiger partial charge in [0.2, 0.25) is 6.39 Å². The first-order valence-corrected chi connectivity index (χ1v) is 4.92. The lowest BCUT2D eigenvalue weighted by Gasteiger charge is -2.04. The molecule has 15 heavy (non-hydrogen) atoms. The molecule has 0 aliphatic rings. The predicted molar refractivity (Wildman–Crippen MR) is 55.1 cm³/mol. The summed E-state index contributed by atoms with van der Waals surface area (Å²) in [6, 6.07) is 4.14. The highest BCUT2D eigenvalue weighted by atomic mass is 16.5. The van der Waals surface area contributed by atoms with E-state index in [1.165, 1.54) is 12.1 Å². The van der Waals surface area contributed by atoms with Crippen molar-refractivity contribution in [1.82, 2.24) is 20.0 Å². The summed E-state index contributed by atoms with van der Waals surface area (Å²) in [6.07, 6.45) is 4.18. The molecule has 80 valence electrons. The summed E-state index contributed by atoms with van der Waals surface area (Å²) in [5.41, 5.74) is 1.27. The summed E-state index contributed by atoms with van der Waals surface area (Å²) in [4.78, 5) is 3.95. The van der Waals surface area contributed by atoms with Crippen molar-refractivity contribution < 1.29 is 4.52 Å². The maximum Gasteiger partial charge on any atom is 0.213 e. The molecule has 0 aliphatic carbocycles. The standard InChI is InChI=1S/C10H14N4O/c1-14-6-2-3-9(14)7-11-5-4-10-12-8-15-13-10/h2-3,6,8,11H,4-5,7H2,1H3. The zero-order valence-electron chi connectivity index (χ0n) is 8.68. The van der Waals surface area contributed by atoms with Crippen LogP contribution in [0.2, 0.25) is 0 Å². The van der Waals surface area contributed by atoms with Gasteiger partial charge in [-0.1, -0.05) is 5.16 Å². The van der Waals surface area contributed by atoms with Crippen molar-refractivity contribution in [2.75, 3.05) is 6.54 Å². The Kier molecular flexibility index (Phi) is 3.14. The highest BCUT2D eigenvalue weighted by Gasteiger charge is 1.99. The van der Waals surface area contributed by atoms with Crippen LogP contribution in [0.5, 0.6) is 0 Å². The molecule has 0 atom stereocenters. The summed E-state index contributed by atoms with van der Waals surface area (Å²) in [5.74, 6) is 0.745. The first-order chi connectivity index (χ1) is 7.36. The second kappa shape index (κ2) is 4.75. The van der Waals surface area contributed by atoms with E-state index in [1.54, 1.807) is 0 Å². The Labute approximate surface area is 88.1 Å². The fraction of sp³-hybridized carbons (Fsp3) is 0.400. The van der Waals surface area contributed by atoms with Crippen LogP contribution in [-0.4, -0.2) is 21.3 Å². The highest BCUT2D eigenvalue weighted by molar-refractivity contribution is 5.05. The molecule has 0 amide bonds. The maximum atomic E-state index is 4.64. The summed E-state index contributed by atoms with van der Waals surface area (Å²) in [5, 5.41) is 7.06. The van der Waals surface area contributed by atoms with E-state index in [4.69, 9.17) is 0 Å². The molecule has 0 fully saturated rings. The molecule has 0 aliphatic heterocycles.